The fourth-order valence-electron chi connectivity index (χ4n) is 3.14. The maximum absolute atomic E-state index is 12.6. The predicted octanol–water partition coefficient (Wildman–Crippen LogP) is 3.84. The molecule has 1 N–H and O–H groups in total. The first-order valence-corrected chi connectivity index (χ1v) is 11.0. The lowest BCUT2D eigenvalue weighted by molar-refractivity contribution is 0.131. The summed E-state index contributed by atoms with van der Waals surface area (Å²) in [7, 11) is -3.62. The van der Waals surface area contributed by atoms with Crippen LogP contribution in [0.25, 0.3) is 0 Å². The molecule has 0 aromatic heterocycles. The van der Waals surface area contributed by atoms with Crippen LogP contribution >= 0.6 is 11.6 Å². The third-order valence-corrected chi connectivity index (χ3v) is 6.62. The lowest BCUT2D eigenvalue weighted by Gasteiger charge is -2.31. The molecule has 1 fully saturated rings. The first-order chi connectivity index (χ1) is 13.3. The van der Waals surface area contributed by atoms with Gasteiger partial charge in [0.05, 0.1) is 4.90 Å². The number of amides is 1. The van der Waals surface area contributed by atoms with E-state index in [-0.39, 0.29) is 16.9 Å². The number of nitrogens with one attached hydrogen (secondary N) is 1. The van der Waals surface area contributed by atoms with Gasteiger partial charge >= 0.3 is 6.09 Å². The number of aryl methyl sites for hydroxylation is 1. The average Bonchev–Trinajstić information content (AvgIpc) is 2.69. The van der Waals surface area contributed by atoms with Crippen molar-refractivity contribution < 1.29 is 17.9 Å². The van der Waals surface area contributed by atoms with Crippen LogP contribution < -0.4 is 9.46 Å². The van der Waals surface area contributed by atoms with E-state index in [9.17, 15) is 13.2 Å². The van der Waals surface area contributed by atoms with E-state index >= 15 is 0 Å². The van der Waals surface area contributed by atoms with Gasteiger partial charge in [0.15, 0.2) is 0 Å². The molecule has 1 amide bonds. The summed E-state index contributed by atoms with van der Waals surface area (Å²) in [6, 6.07) is 13.8. The van der Waals surface area contributed by atoms with Crippen molar-refractivity contribution in [2.45, 2.75) is 24.7 Å². The number of carbonyl (C=O) groups is 1. The van der Waals surface area contributed by atoms with Gasteiger partial charge in [-0.05, 0) is 55.5 Å². The van der Waals surface area contributed by atoms with E-state index in [1.165, 1.54) is 6.07 Å². The second-order valence-corrected chi connectivity index (χ2v) is 9.04. The molecule has 1 aliphatic heterocycles. The van der Waals surface area contributed by atoms with Crippen molar-refractivity contribution in [2.24, 2.45) is 5.92 Å². The summed E-state index contributed by atoms with van der Waals surface area (Å²) in [5, 5.41) is 0.385. The molecule has 0 aliphatic carbocycles. The number of halogens is 1. The number of benzene rings is 2. The minimum Gasteiger partial charge on any atom is -0.410 e. The Hall–Kier alpha value is -2.09. The molecular formula is C20H23ClN2O4S. The number of nitrogens with zero attached hydrogens (tertiary/aromatic N) is 1. The molecule has 0 bridgehead atoms. The van der Waals surface area contributed by atoms with Gasteiger partial charge < -0.3 is 9.64 Å². The molecule has 150 valence electrons. The molecule has 0 radical (unpaired) electrons. The van der Waals surface area contributed by atoms with Gasteiger partial charge in [0.25, 0.3) is 0 Å². The molecule has 8 heteroatoms. The fraction of sp³-hybridized carbons (Fsp3) is 0.350. The number of hydrogen-bond acceptors (Lipinski definition) is 4. The van der Waals surface area contributed by atoms with Crippen LogP contribution in [0, 0.1) is 12.8 Å². The molecular weight excluding hydrogens is 400 g/mol. The number of sulfonamides is 1. The van der Waals surface area contributed by atoms with Gasteiger partial charge in [-0.3, -0.25) is 0 Å². The zero-order valence-electron chi connectivity index (χ0n) is 15.6. The van der Waals surface area contributed by atoms with Crippen LogP contribution in [0.4, 0.5) is 4.79 Å². The Balaban J connectivity index is 1.50. The molecule has 3 rings (SSSR count). The lowest BCUT2D eigenvalue weighted by Crippen LogP contribution is -2.42. The number of ether oxygens (including phenoxy) is 1. The van der Waals surface area contributed by atoms with Gasteiger partial charge in [0, 0.05) is 24.7 Å². The highest BCUT2D eigenvalue weighted by atomic mass is 35.5. The molecule has 28 heavy (non-hydrogen) atoms. The molecule has 6 nitrogen and oxygen atoms in total. The Morgan fingerprint density at radius 1 is 1.18 bits per heavy atom. The van der Waals surface area contributed by atoms with Gasteiger partial charge in [-0.15, -0.1) is 0 Å². The summed E-state index contributed by atoms with van der Waals surface area (Å²) < 4.78 is 33.2. The molecule has 1 aliphatic rings. The summed E-state index contributed by atoms with van der Waals surface area (Å²) in [5.74, 6) is 0.675. The fourth-order valence-corrected chi connectivity index (χ4v) is 4.76. The van der Waals surface area contributed by atoms with Gasteiger partial charge in [0.2, 0.25) is 10.0 Å². The summed E-state index contributed by atoms with van der Waals surface area (Å²) in [6.07, 6.45) is 1.04. The third-order valence-electron chi connectivity index (χ3n) is 4.82. The van der Waals surface area contributed by atoms with Crippen molar-refractivity contribution in [1.82, 2.24) is 9.62 Å². The van der Waals surface area contributed by atoms with E-state index in [0.29, 0.717) is 48.8 Å². The van der Waals surface area contributed by atoms with Crippen molar-refractivity contribution in [3.05, 3.63) is 59.1 Å². The van der Waals surface area contributed by atoms with Crippen molar-refractivity contribution in [3.8, 4) is 5.75 Å². The highest BCUT2D eigenvalue weighted by Gasteiger charge is 2.26. The van der Waals surface area contributed by atoms with E-state index in [2.05, 4.69) is 4.72 Å². The second-order valence-electron chi connectivity index (χ2n) is 6.87. The van der Waals surface area contributed by atoms with Crippen LogP contribution in [0.15, 0.2) is 53.4 Å². The number of piperidine rings is 1. The number of para-hydroxylation sites is 1. The summed E-state index contributed by atoms with van der Waals surface area (Å²) in [4.78, 5) is 14.1. The van der Waals surface area contributed by atoms with Crippen LogP contribution in [0.3, 0.4) is 0 Å². The maximum atomic E-state index is 12.6. The van der Waals surface area contributed by atoms with E-state index in [1.807, 2.05) is 18.2 Å². The highest BCUT2D eigenvalue weighted by Crippen LogP contribution is 2.22. The Labute approximate surface area is 170 Å². The molecule has 1 saturated heterocycles. The van der Waals surface area contributed by atoms with E-state index < -0.39 is 10.0 Å². The van der Waals surface area contributed by atoms with Crippen LogP contribution in [-0.4, -0.2) is 39.0 Å². The van der Waals surface area contributed by atoms with Crippen LogP contribution in [0.2, 0.25) is 5.02 Å². The average molecular weight is 423 g/mol. The molecule has 0 spiro atoms. The SMILES string of the molecule is Cc1ccc(Cl)cc1S(=O)(=O)NCC1CCN(C(=O)Oc2ccccc2)CC1. The van der Waals surface area contributed by atoms with Gasteiger partial charge in [-0.1, -0.05) is 35.9 Å². The number of carbonyl (C=O) groups excluding carboxylic acids is 1. The monoisotopic (exact) mass is 422 g/mol. The second kappa shape index (κ2) is 8.94. The maximum Gasteiger partial charge on any atom is 0.415 e. The first kappa shape index (κ1) is 20.6. The van der Waals surface area contributed by atoms with Crippen molar-refractivity contribution in [2.75, 3.05) is 19.6 Å². The summed E-state index contributed by atoms with van der Waals surface area (Å²) >= 11 is 5.93. The summed E-state index contributed by atoms with van der Waals surface area (Å²) in [5.41, 5.74) is 0.648. The first-order valence-electron chi connectivity index (χ1n) is 9.13. The predicted molar refractivity (Wildman–Crippen MR) is 108 cm³/mol. The van der Waals surface area contributed by atoms with Gasteiger partial charge in [-0.2, -0.15) is 0 Å². The normalized spacial score (nSPS) is 15.4. The van der Waals surface area contributed by atoms with Crippen molar-refractivity contribution >= 4 is 27.7 Å². The minimum absolute atomic E-state index is 0.162. The van der Waals surface area contributed by atoms with Gasteiger partial charge in [-0.25, -0.2) is 17.9 Å². The Morgan fingerprint density at radius 2 is 1.86 bits per heavy atom. The minimum atomic E-state index is -3.62. The Morgan fingerprint density at radius 3 is 2.54 bits per heavy atom. The van der Waals surface area contributed by atoms with Crippen LogP contribution in [-0.2, 0) is 10.0 Å². The van der Waals surface area contributed by atoms with E-state index in [0.717, 1.165) is 0 Å². The molecule has 1 heterocycles. The number of hydrogen-bond donors (Lipinski definition) is 1. The van der Waals surface area contributed by atoms with E-state index in [4.69, 9.17) is 16.3 Å². The van der Waals surface area contributed by atoms with E-state index in [1.54, 1.807) is 36.1 Å². The molecule has 0 saturated carbocycles. The molecule has 2 aromatic carbocycles. The standard InChI is InChI=1S/C20H23ClN2O4S/c1-15-7-8-17(21)13-19(15)28(25,26)22-14-16-9-11-23(12-10-16)20(24)27-18-5-3-2-4-6-18/h2-8,13,16,22H,9-12,14H2,1H3. The summed E-state index contributed by atoms with van der Waals surface area (Å²) in [6.45, 7) is 3.14. The Bertz CT molecular complexity index is 926. The number of likely N-dealkylation sites (tertiary alicyclic amines) is 1. The van der Waals surface area contributed by atoms with Crippen molar-refractivity contribution in [1.29, 1.82) is 0 Å². The Kier molecular flexibility index (Phi) is 6.59. The van der Waals surface area contributed by atoms with Crippen LogP contribution in [0.5, 0.6) is 5.75 Å². The number of rotatable bonds is 5. The smallest absolute Gasteiger partial charge is 0.410 e. The zero-order valence-corrected chi connectivity index (χ0v) is 17.2. The van der Waals surface area contributed by atoms with Gasteiger partial charge in [0.1, 0.15) is 5.75 Å². The lowest BCUT2D eigenvalue weighted by atomic mass is 9.97. The quantitative estimate of drug-likeness (QED) is 0.794. The topological polar surface area (TPSA) is 75.7 Å². The highest BCUT2D eigenvalue weighted by molar-refractivity contribution is 7.89. The zero-order chi connectivity index (χ0) is 20.1. The van der Waals surface area contributed by atoms with Crippen molar-refractivity contribution in [3.63, 3.8) is 0 Å². The third kappa shape index (κ3) is 5.25. The molecule has 2 aromatic rings. The largest absolute Gasteiger partial charge is 0.415 e. The molecule has 0 unspecified atom stereocenters. The van der Waals surface area contributed by atoms with Crippen LogP contribution in [0.1, 0.15) is 18.4 Å². The molecule has 0 atom stereocenters.